The highest BCUT2D eigenvalue weighted by Gasteiger charge is 2.26. The molecule has 1 aromatic heterocycles. The highest BCUT2D eigenvalue weighted by atomic mass is 35.5. The molecule has 0 aromatic carbocycles. The lowest BCUT2D eigenvalue weighted by Crippen LogP contribution is -2.46. The Morgan fingerprint density at radius 1 is 1.58 bits per heavy atom. The van der Waals surface area contributed by atoms with Crippen LogP contribution in [-0.4, -0.2) is 38.3 Å². The second-order valence-corrected chi connectivity index (χ2v) is 7.52. The number of hydrazine groups is 1. The van der Waals surface area contributed by atoms with Crippen LogP contribution in [0.4, 0.5) is 0 Å². The van der Waals surface area contributed by atoms with Crippen LogP contribution in [0.1, 0.15) is 18.3 Å². The lowest BCUT2D eigenvalue weighted by atomic mass is 10.1. The fourth-order valence-corrected chi connectivity index (χ4v) is 5.53. The highest BCUT2D eigenvalue weighted by molar-refractivity contribution is 8.06. The van der Waals surface area contributed by atoms with Gasteiger partial charge >= 0.3 is 0 Å². The Hall–Kier alpha value is 0.120. The Balaban J connectivity index is 2.11. The van der Waals surface area contributed by atoms with Gasteiger partial charge in [-0.15, -0.1) is 0 Å². The maximum absolute atomic E-state index is 6.41. The maximum atomic E-state index is 6.41. The molecule has 0 saturated carbocycles. The van der Waals surface area contributed by atoms with Gasteiger partial charge in [0.05, 0.1) is 16.4 Å². The quantitative estimate of drug-likeness (QED) is 0.640. The number of aryl methyl sites for hydroxylation is 2. The molecule has 0 amide bonds. The average Bonchev–Trinajstić information content (AvgIpc) is 2.72. The molecule has 0 aliphatic carbocycles. The van der Waals surface area contributed by atoms with Crippen molar-refractivity contribution in [3.8, 4) is 0 Å². The van der Waals surface area contributed by atoms with Crippen molar-refractivity contribution in [3.05, 3.63) is 16.4 Å². The van der Waals surface area contributed by atoms with E-state index in [0.717, 1.165) is 35.0 Å². The molecule has 2 rings (SSSR count). The number of hydrogen-bond donors (Lipinski definition) is 2. The molecule has 2 heterocycles. The van der Waals surface area contributed by atoms with Crippen LogP contribution >= 0.6 is 35.1 Å². The molecule has 1 aromatic rings. The molecule has 1 aliphatic heterocycles. The summed E-state index contributed by atoms with van der Waals surface area (Å²) < 4.78 is 1.89. The summed E-state index contributed by atoms with van der Waals surface area (Å²) >= 11 is 10.4. The molecule has 7 heteroatoms. The minimum absolute atomic E-state index is 0.246. The maximum Gasteiger partial charge on any atom is 0.0850 e. The Morgan fingerprint density at radius 2 is 2.37 bits per heavy atom. The number of halogens is 1. The third-order valence-corrected chi connectivity index (χ3v) is 6.78. The van der Waals surface area contributed by atoms with Gasteiger partial charge in [-0.3, -0.25) is 16.0 Å². The minimum Gasteiger partial charge on any atom is -0.271 e. The summed E-state index contributed by atoms with van der Waals surface area (Å²) in [4.78, 5) is 0. The fourth-order valence-electron chi connectivity index (χ4n) is 2.29. The van der Waals surface area contributed by atoms with Gasteiger partial charge in [-0.2, -0.15) is 28.6 Å². The van der Waals surface area contributed by atoms with E-state index in [0.29, 0.717) is 5.25 Å². The summed E-state index contributed by atoms with van der Waals surface area (Å²) in [5.74, 6) is 9.34. The zero-order chi connectivity index (χ0) is 13.8. The van der Waals surface area contributed by atoms with E-state index >= 15 is 0 Å². The van der Waals surface area contributed by atoms with Crippen molar-refractivity contribution in [3.63, 3.8) is 0 Å². The topological polar surface area (TPSA) is 55.9 Å². The summed E-state index contributed by atoms with van der Waals surface area (Å²) in [5.41, 5.74) is 5.02. The van der Waals surface area contributed by atoms with Crippen LogP contribution in [0.15, 0.2) is 0 Å². The van der Waals surface area contributed by atoms with Crippen molar-refractivity contribution in [1.29, 1.82) is 0 Å². The van der Waals surface area contributed by atoms with E-state index in [2.05, 4.69) is 17.4 Å². The van der Waals surface area contributed by atoms with Gasteiger partial charge in [-0.1, -0.05) is 18.5 Å². The fraction of sp³-hybridized carbons (Fsp3) is 0.750. The van der Waals surface area contributed by atoms with Gasteiger partial charge < -0.3 is 0 Å². The van der Waals surface area contributed by atoms with Crippen LogP contribution in [0.3, 0.4) is 0 Å². The van der Waals surface area contributed by atoms with Gasteiger partial charge in [0.15, 0.2) is 0 Å². The van der Waals surface area contributed by atoms with Crippen LogP contribution in [-0.2, 0) is 19.9 Å². The Bertz CT molecular complexity index is 418. The number of hydrogen-bond acceptors (Lipinski definition) is 5. The molecule has 0 radical (unpaired) electrons. The van der Waals surface area contributed by atoms with E-state index in [9.17, 15) is 0 Å². The second kappa shape index (κ2) is 7.22. The van der Waals surface area contributed by atoms with E-state index in [1.807, 2.05) is 35.3 Å². The molecular weight excluding hydrogens is 300 g/mol. The van der Waals surface area contributed by atoms with E-state index in [1.54, 1.807) is 0 Å². The molecule has 1 saturated heterocycles. The van der Waals surface area contributed by atoms with Gasteiger partial charge in [-0.25, -0.2) is 0 Å². The molecule has 2 unspecified atom stereocenters. The second-order valence-electron chi connectivity index (χ2n) is 4.65. The van der Waals surface area contributed by atoms with Crippen LogP contribution in [0.5, 0.6) is 0 Å². The van der Waals surface area contributed by atoms with Crippen molar-refractivity contribution in [2.45, 2.75) is 31.1 Å². The normalized spacial score (nSPS) is 21.6. The summed E-state index contributed by atoms with van der Waals surface area (Å²) in [6, 6.07) is 0.246. The van der Waals surface area contributed by atoms with Crippen molar-refractivity contribution in [2.24, 2.45) is 12.9 Å². The molecule has 108 valence electrons. The lowest BCUT2D eigenvalue weighted by Gasteiger charge is -2.29. The van der Waals surface area contributed by atoms with Crippen LogP contribution in [0.2, 0.25) is 5.02 Å². The molecule has 0 bridgehead atoms. The van der Waals surface area contributed by atoms with E-state index < -0.39 is 0 Å². The van der Waals surface area contributed by atoms with Crippen molar-refractivity contribution in [2.75, 3.05) is 17.3 Å². The molecule has 2 atom stereocenters. The first-order chi connectivity index (χ1) is 9.17. The number of nitrogens with two attached hydrogens (primary N) is 1. The zero-order valence-corrected chi connectivity index (χ0v) is 13.7. The summed E-state index contributed by atoms with van der Waals surface area (Å²) in [5, 5.41) is 5.81. The van der Waals surface area contributed by atoms with Crippen molar-refractivity contribution in [1.82, 2.24) is 15.2 Å². The van der Waals surface area contributed by atoms with Gasteiger partial charge in [0.25, 0.3) is 0 Å². The molecule has 4 nitrogen and oxygen atoms in total. The van der Waals surface area contributed by atoms with Crippen molar-refractivity contribution >= 4 is 35.1 Å². The predicted molar refractivity (Wildman–Crippen MR) is 86.0 cm³/mol. The van der Waals surface area contributed by atoms with Gasteiger partial charge in [0, 0.05) is 42.0 Å². The Kier molecular flexibility index (Phi) is 5.89. The summed E-state index contributed by atoms with van der Waals surface area (Å²) in [6.45, 7) is 2.07. The molecule has 0 spiro atoms. The lowest BCUT2D eigenvalue weighted by molar-refractivity contribution is 0.506. The number of rotatable bonds is 5. The average molecular weight is 321 g/mol. The van der Waals surface area contributed by atoms with E-state index in [-0.39, 0.29) is 6.04 Å². The third-order valence-electron chi connectivity index (χ3n) is 3.42. The number of aromatic nitrogens is 2. The first kappa shape index (κ1) is 15.5. The summed E-state index contributed by atoms with van der Waals surface area (Å²) in [6.07, 6.45) is 1.69. The molecule has 1 aliphatic rings. The smallest absolute Gasteiger partial charge is 0.0850 e. The van der Waals surface area contributed by atoms with Gasteiger partial charge in [0.1, 0.15) is 0 Å². The monoisotopic (exact) mass is 320 g/mol. The van der Waals surface area contributed by atoms with Gasteiger partial charge in [0.2, 0.25) is 0 Å². The number of nitrogens with zero attached hydrogens (tertiary/aromatic N) is 2. The Morgan fingerprint density at radius 3 is 2.89 bits per heavy atom. The van der Waals surface area contributed by atoms with Crippen LogP contribution in [0, 0.1) is 0 Å². The largest absolute Gasteiger partial charge is 0.271 e. The minimum atomic E-state index is 0.246. The standard InChI is InChI=1S/C12H21ClN4S2/c1-3-8-12(13)10(17(2)16-8)6-9(15-14)11-7-18-4-5-19-11/h9,11,15H,3-7,14H2,1-2H3. The Labute approximate surface area is 128 Å². The zero-order valence-electron chi connectivity index (χ0n) is 11.4. The van der Waals surface area contributed by atoms with Crippen LogP contribution in [0.25, 0.3) is 0 Å². The molecule has 1 fully saturated rings. The van der Waals surface area contributed by atoms with Crippen molar-refractivity contribution < 1.29 is 0 Å². The first-order valence-electron chi connectivity index (χ1n) is 6.53. The van der Waals surface area contributed by atoms with Gasteiger partial charge in [-0.05, 0) is 6.42 Å². The predicted octanol–water partition coefficient (Wildman–Crippen LogP) is 1.86. The summed E-state index contributed by atoms with van der Waals surface area (Å²) in [7, 11) is 1.96. The highest BCUT2D eigenvalue weighted by Crippen LogP contribution is 2.29. The first-order valence-corrected chi connectivity index (χ1v) is 9.11. The number of nitrogens with one attached hydrogen (secondary N) is 1. The molecule has 19 heavy (non-hydrogen) atoms. The third kappa shape index (κ3) is 3.61. The van der Waals surface area contributed by atoms with Crippen LogP contribution < -0.4 is 11.3 Å². The molecule has 3 N–H and O–H groups in total. The molecular formula is C12H21ClN4S2. The number of thioether (sulfide) groups is 2. The van der Waals surface area contributed by atoms with E-state index in [4.69, 9.17) is 17.4 Å². The SMILES string of the molecule is CCc1nn(C)c(CC(NN)C2CSCCS2)c1Cl. The van der Waals surface area contributed by atoms with E-state index in [1.165, 1.54) is 11.5 Å².